The normalized spacial score (nSPS) is 25.6. The number of imidazole rings is 1. The molecular formula is C22H31N5O. The third-order valence-corrected chi connectivity index (χ3v) is 7.25. The molecule has 0 aliphatic carbocycles. The third kappa shape index (κ3) is 3.22. The SMILES string of the molecule is Cc1cccc2[nH]c(C3CCN(C(=O)[C@@H]4CC5(CCNCC5)CN4)CC3)nc12. The van der Waals surface area contributed by atoms with Crippen LogP contribution in [0.15, 0.2) is 18.2 Å². The minimum Gasteiger partial charge on any atom is -0.342 e. The number of H-pyrrole nitrogens is 1. The Kier molecular flexibility index (Phi) is 4.63. The molecule has 6 nitrogen and oxygen atoms in total. The third-order valence-electron chi connectivity index (χ3n) is 7.25. The van der Waals surface area contributed by atoms with Crippen LogP contribution in [-0.4, -0.2) is 59.5 Å². The second kappa shape index (κ2) is 7.16. The van der Waals surface area contributed by atoms with Gasteiger partial charge in [-0.3, -0.25) is 4.79 Å². The molecule has 4 heterocycles. The van der Waals surface area contributed by atoms with Crippen LogP contribution in [0.4, 0.5) is 0 Å². The summed E-state index contributed by atoms with van der Waals surface area (Å²) in [7, 11) is 0. The fraction of sp³-hybridized carbons (Fsp3) is 0.636. The lowest BCUT2D eigenvalue weighted by Crippen LogP contribution is -2.46. The Bertz CT molecular complexity index is 861. The van der Waals surface area contributed by atoms with E-state index in [1.165, 1.54) is 18.4 Å². The van der Waals surface area contributed by atoms with Crippen molar-refractivity contribution in [2.75, 3.05) is 32.7 Å². The van der Waals surface area contributed by atoms with Crippen molar-refractivity contribution < 1.29 is 4.79 Å². The fourth-order valence-electron chi connectivity index (χ4n) is 5.41. The number of piperidine rings is 2. The van der Waals surface area contributed by atoms with Gasteiger partial charge in [0, 0.05) is 25.6 Å². The van der Waals surface area contributed by atoms with Gasteiger partial charge in [0.25, 0.3) is 0 Å². The maximum atomic E-state index is 13.1. The molecule has 0 unspecified atom stereocenters. The number of carbonyl (C=O) groups excluding carboxylic acids is 1. The van der Waals surface area contributed by atoms with E-state index in [2.05, 4.69) is 45.6 Å². The predicted molar refractivity (Wildman–Crippen MR) is 110 cm³/mol. The summed E-state index contributed by atoms with van der Waals surface area (Å²) in [6, 6.07) is 6.30. The van der Waals surface area contributed by atoms with E-state index in [0.29, 0.717) is 17.2 Å². The molecule has 1 spiro atoms. The van der Waals surface area contributed by atoms with Crippen molar-refractivity contribution in [3.63, 3.8) is 0 Å². The van der Waals surface area contributed by atoms with Gasteiger partial charge in [-0.05, 0) is 69.2 Å². The molecule has 3 aliphatic rings. The Balaban J connectivity index is 1.21. The molecule has 5 rings (SSSR count). The van der Waals surface area contributed by atoms with Crippen molar-refractivity contribution in [1.29, 1.82) is 0 Å². The van der Waals surface area contributed by atoms with Crippen molar-refractivity contribution in [2.24, 2.45) is 5.41 Å². The number of aryl methyl sites for hydroxylation is 1. The molecule has 0 radical (unpaired) electrons. The first-order chi connectivity index (χ1) is 13.6. The van der Waals surface area contributed by atoms with Crippen LogP contribution in [0.25, 0.3) is 11.0 Å². The zero-order valence-electron chi connectivity index (χ0n) is 16.8. The number of likely N-dealkylation sites (tertiary alicyclic amines) is 1. The summed E-state index contributed by atoms with van der Waals surface area (Å²) in [4.78, 5) is 23.5. The zero-order valence-corrected chi connectivity index (χ0v) is 16.8. The summed E-state index contributed by atoms with van der Waals surface area (Å²) >= 11 is 0. The molecule has 6 heteroatoms. The number of benzene rings is 1. The Morgan fingerprint density at radius 3 is 2.75 bits per heavy atom. The zero-order chi connectivity index (χ0) is 19.1. The van der Waals surface area contributed by atoms with Gasteiger partial charge < -0.3 is 20.5 Å². The summed E-state index contributed by atoms with van der Waals surface area (Å²) < 4.78 is 0. The summed E-state index contributed by atoms with van der Waals surface area (Å²) in [6.45, 7) is 6.96. The number of nitrogens with zero attached hydrogens (tertiary/aromatic N) is 2. The average molecular weight is 382 g/mol. The number of fused-ring (bicyclic) bond motifs is 1. The van der Waals surface area contributed by atoms with E-state index in [-0.39, 0.29) is 6.04 Å². The van der Waals surface area contributed by atoms with Gasteiger partial charge in [0.1, 0.15) is 5.82 Å². The number of aromatic nitrogens is 2. The van der Waals surface area contributed by atoms with Gasteiger partial charge in [0.2, 0.25) is 5.91 Å². The number of amides is 1. The van der Waals surface area contributed by atoms with Crippen LogP contribution in [0.5, 0.6) is 0 Å². The Labute approximate surface area is 166 Å². The molecule has 2 aromatic rings. The first kappa shape index (κ1) is 18.1. The second-order valence-electron chi connectivity index (χ2n) is 9.08. The van der Waals surface area contributed by atoms with Crippen LogP contribution in [0.2, 0.25) is 0 Å². The molecule has 3 N–H and O–H groups in total. The maximum absolute atomic E-state index is 13.1. The van der Waals surface area contributed by atoms with E-state index < -0.39 is 0 Å². The summed E-state index contributed by atoms with van der Waals surface area (Å²) in [5.74, 6) is 1.82. The first-order valence-electron chi connectivity index (χ1n) is 10.8. The van der Waals surface area contributed by atoms with Crippen LogP contribution in [0.3, 0.4) is 0 Å². The van der Waals surface area contributed by atoms with Crippen LogP contribution in [-0.2, 0) is 4.79 Å². The molecular weight excluding hydrogens is 350 g/mol. The predicted octanol–water partition coefficient (Wildman–Crippen LogP) is 2.31. The monoisotopic (exact) mass is 381 g/mol. The van der Waals surface area contributed by atoms with Crippen LogP contribution in [0, 0.1) is 12.3 Å². The van der Waals surface area contributed by atoms with Gasteiger partial charge in [0.05, 0.1) is 17.1 Å². The van der Waals surface area contributed by atoms with Crippen LogP contribution in [0.1, 0.15) is 49.4 Å². The van der Waals surface area contributed by atoms with Gasteiger partial charge in [-0.1, -0.05) is 12.1 Å². The van der Waals surface area contributed by atoms with Crippen LogP contribution < -0.4 is 10.6 Å². The van der Waals surface area contributed by atoms with Gasteiger partial charge in [-0.15, -0.1) is 0 Å². The van der Waals surface area contributed by atoms with Crippen LogP contribution >= 0.6 is 0 Å². The number of carbonyl (C=O) groups is 1. The quantitative estimate of drug-likeness (QED) is 0.746. The topological polar surface area (TPSA) is 73.1 Å². The van der Waals surface area contributed by atoms with E-state index >= 15 is 0 Å². The highest BCUT2D eigenvalue weighted by atomic mass is 16.2. The summed E-state index contributed by atoms with van der Waals surface area (Å²) in [6.07, 6.45) is 5.38. The lowest BCUT2D eigenvalue weighted by atomic mass is 9.77. The number of rotatable bonds is 2. The minimum absolute atomic E-state index is 0.0171. The van der Waals surface area contributed by atoms with E-state index in [4.69, 9.17) is 4.98 Å². The van der Waals surface area contributed by atoms with Crippen molar-refractivity contribution in [1.82, 2.24) is 25.5 Å². The molecule has 150 valence electrons. The largest absolute Gasteiger partial charge is 0.342 e. The Morgan fingerprint density at radius 1 is 1.21 bits per heavy atom. The molecule has 1 aromatic carbocycles. The molecule has 3 fully saturated rings. The van der Waals surface area contributed by atoms with Crippen molar-refractivity contribution in [3.05, 3.63) is 29.6 Å². The van der Waals surface area contributed by atoms with Crippen molar-refractivity contribution >= 4 is 16.9 Å². The lowest BCUT2D eigenvalue weighted by Gasteiger charge is -2.34. The van der Waals surface area contributed by atoms with Crippen molar-refractivity contribution in [2.45, 2.75) is 51.0 Å². The highest BCUT2D eigenvalue weighted by Crippen LogP contribution is 2.38. The first-order valence-corrected chi connectivity index (χ1v) is 10.8. The van der Waals surface area contributed by atoms with E-state index in [0.717, 1.165) is 68.8 Å². The van der Waals surface area contributed by atoms with Gasteiger partial charge >= 0.3 is 0 Å². The second-order valence-corrected chi connectivity index (χ2v) is 9.08. The molecule has 1 amide bonds. The standard InChI is InChI=1S/C22H31N5O/c1-15-3-2-4-17-19(15)26-20(25-17)16-5-11-27(12-6-16)21(28)18-13-22(14-24-18)7-9-23-10-8-22/h2-4,16,18,23-24H,5-14H2,1H3,(H,25,26)/t18-/m0/s1. The fourth-order valence-corrected chi connectivity index (χ4v) is 5.41. The molecule has 3 aliphatic heterocycles. The molecule has 1 atom stereocenters. The molecule has 3 saturated heterocycles. The highest BCUT2D eigenvalue weighted by molar-refractivity contribution is 5.82. The number of para-hydroxylation sites is 1. The summed E-state index contributed by atoms with van der Waals surface area (Å²) in [5, 5.41) is 6.99. The average Bonchev–Trinajstić information content (AvgIpc) is 3.34. The number of nitrogens with one attached hydrogen (secondary N) is 3. The van der Waals surface area contributed by atoms with Gasteiger partial charge in [0.15, 0.2) is 0 Å². The molecule has 1 aromatic heterocycles. The van der Waals surface area contributed by atoms with E-state index in [9.17, 15) is 4.79 Å². The Morgan fingerprint density at radius 2 is 2.00 bits per heavy atom. The van der Waals surface area contributed by atoms with Crippen molar-refractivity contribution in [3.8, 4) is 0 Å². The Hall–Kier alpha value is -1.92. The van der Waals surface area contributed by atoms with E-state index in [1.807, 2.05) is 0 Å². The lowest BCUT2D eigenvalue weighted by molar-refractivity contribution is -0.134. The van der Waals surface area contributed by atoms with Gasteiger partial charge in [-0.25, -0.2) is 4.98 Å². The molecule has 28 heavy (non-hydrogen) atoms. The smallest absolute Gasteiger partial charge is 0.239 e. The number of hydrogen-bond acceptors (Lipinski definition) is 4. The minimum atomic E-state index is 0.0171. The molecule has 0 bridgehead atoms. The number of aromatic amines is 1. The van der Waals surface area contributed by atoms with E-state index in [1.54, 1.807) is 0 Å². The highest BCUT2D eigenvalue weighted by Gasteiger charge is 2.43. The van der Waals surface area contributed by atoms with Gasteiger partial charge in [-0.2, -0.15) is 0 Å². The number of hydrogen-bond donors (Lipinski definition) is 3. The maximum Gasteiger partial charge on any atom is 0.239 e. The summed E-state index contributed by atoms with van der Waals surface area (Å²) in [5.41, 5.74) is 3.76. The molecule has 0 saturated carbocycles.